The van der Waals surface area contributed by atoms with Crippen LogP contribution in [0.25, 0.3) is 0 Å². The van der Waals surface area contributed by atoms with E-state index >= 15 is 0 Å². The van der Waals surface area contributed by atoms with Crippen LogP contribution in [0.3, 0.4) is 0 Å². The van der Waals surface area contributed by atoms with Gasteiger partial charge < -0.3 is 25.8 Å². The molecule has 3 aromatic rings. The van der Waals surface area contributed by atoms with Crippen molar-refractivity contribution in [3.8, 4) is 5.75 Å². The normalized spacial score (nSPS) is 15.9. The second kappa shape index (κ2) is 11.0. The number of rotatable bonds is 8. The fourth-order valence-corrected chi connectivity index (χ4v) is 5.08. The van der Waals surface area contributed by atoms with E-state index in [-0.39, 0.29) is 16.2 Å². The molecular weight excluding hydrogens is 505 g/mol. The van der Waals surface area contributed by atoms with Crippen molar-refractivity contribution in [2.75, 3.05) is 44.3 Å². The Balaban J connectivity index is 1.54. The van der Waals surface area contributed by atoms with Crippen molar-refractivity contribution in [2.24, 2.45) is 0 Å². The second-order valence-electron chi connectivity index (χ2n) is 9.08. The van der Waals surface area contributed by atoms with Crippen molar-refractivity contribution in [1.29, 1.82) is 0 Å². The lowest BCUT2D eigenvalue weighted by molar-refractivity contribution is -0.139. The van der Waals surface area contributed by atoms with Crippen LogP contribution in [-0.4, -0.2) is 54.1 Å². The number of aromatic carboxylic acids is 1. The summed E-state index contributed by atoms with van der Waals surface area (Å²) in [4.78, 5) is 16.4. The Morgan fingerprint density at radius 1 is 1.16 bits per heavy atom. The highest BCUT2D eigenvalue weighted by molar-refractivity contribution is 7.18. The number of hydrogen-bond acceptors (Lipinski definition) is 7. The van der Waals surface area contributed by atoms with E-state index in [1.807, 2.05) is 12.1 Å². The van der Waals surface area contributed by atoms with Gasteiger partial charge in [-0.25, -0.2) is 4.79 Å². The Hall–Kier alpha value is -3.28. The highest BCUT2D eigenvalue weighted by atomic mass is 32.1. The minimum absolute atomic E-state index is 0.0170. The maximum absolute atomic E-state index is 13.5. The van der Waals surface area contributed by atoms with E-state index in [1.165, 1.54) is 31.2 Å². The van der Waals surface area contributed by atoms with E-state index in [1.54, 1.807) is 6.07 Å². The van der Waals surface area contributed by atoms with Gasteiger partial charge in [-0.1, -0.05) is 24.3 Å². The molecular formula is C26H29F3N4O3S. The molecule has 198 valence electrons. The van der Waals surface area contributed by atoms with E-state index in [9.17, 15) is 23.1 Å². The number of carboxylic acid groups (broad SMARTS) is 1. The number of carboxylic acids is 1. The number of ether oxygens (including phenoxy) is 1. The molecule has 4 N–H and O–H groups in total. The molecule has 0 aliphatic carbocycles. The summed E-state index contributed by atoms with van der Waals surface area (Å²) >= 11 is 0.930. The first-order chi connectivity index (χ1) is 17.5. The maximum Gasteiger partial charge on any atom is 0.416 e. The van der Waals surface area contributed by atoms with Gasteiger partial charge in [0.05, 0.1) is 21.9 Å². The van der Waals surface area contributed by atoms with Crippen LogP contribution in [0.5, 0.6) is 5.75 Å². The third kappa shape index (κ3) is 6.54. The van der Waals surface area contributed by atoms with Crippen molar-refractivity contribution in [3.63, 3.8) is 0 Å². The van der Waals surface area contributed by atoms with Crippen molar-refractivity contribution in [3.05, 3.63) is 70.1 Å². The van der Waals surface area contributed by atoms with Crippen molar-refractivity contribution in [1.82, 2.24) is 9.80 Å². The van der Waals surface area contributed by atoms with Crippen LogP contribution < -0.4 is 15.8 Å². The fraction of sp³-hybridized carbons (Fsp3) is 0.346. The number of nitrogens with zero attached hydrogens (tertiary/aromatic N) is 2. The van der Waals surface area contributed by atoms with Crippen LogP contribution in [-0.2, 0) is 12.7 Å². The van der Waals surface area contributed by atoms with Crippen LogP contribution in [0, 0.1) is 0 Å². The second-order valence-corrected chi connectivity index (χ2v) is 10.1. The molecule has 0 radical (unpaired) electrons. The monoisotopic (exact) mass is 534 g/mol. The van der Waals surface area contributed by atoms with E-state index in [0.29, 0.717) is 16.4 Å². The van der Waals surface area contributed by atoms with Crippen LogP contribution in [0.4, 0.5) is 29.5 Å². The van der Waals surface area contributed by atoms with Gasteiger partial charge in [-0.15, -0.1) is 11.3 Å². The first kappa shape index (κ1) is 26.8. The topological polar surface area (TPSA) is 91.1 Å². The summed E-state index contributed by atoms with van der Waals surface area (Å²) in [5.41, 5.74) is 7.44. The number of nitrogens with one attached hydrogen (secondary N) is 1. The quantitative estimate of drug-likeness (QED) is 0.321. The average Bonchev–Trinajstić information content (AvgIpc) is 3.24. The Labute approximate surface area is 217 Å². The summed E-state index contributed by atoms with van der Waals surface area (Å²) in [7, 11) is 2.10. The maximum atomic E-state index is 13.5. The molecule has 2 aromatic carbocycles. The zero-order chi connectivity index (χ0) is 26.7. The summed E-state index contributed by atoms with van der Waals surface area (Å²) < 4.78 is 46.1. The Morgan fingerprint density at radius 2 is 1.86 bits per heavy atom. The lowest BCUT2D eigenvalue weighted by atomic mass is 10.0. The van der Waals surface area contributed by atoms with Gasteiger partial charge in [-0.3, -0.25) is 4.90 Å². The first-order valence-corrected chi connectivity index (χ1v) is 12.6. The number of halogens is 3. The van der Waals surface area contributed by atoms with Gasteiger partial charge in [0, 0.05) is 44.4 Å². The zero-order valence-electron chi connectivity index (χ0n) is 20.5. The molecule has 0 bridgehead atoms. The molecule has 11 heteroatoms. The van der Waals surface area contributed by atoms with Gasteiger partial charge >= 0.3 is 12.1 Å². The van der Waals surface area contributed by atoms with Gasteiger partial charge in [0.25, 0.3) is 0 Å². The van der Waals surface area contributed by atoms with Crippen molar-refractivity contribution < 1.29 is 27.8 Å². The fourth-order valence-electron chi connectivity index (χ4n) is 4.24. The highest BCUT2D eigenvalue weighted by Gasteiger charge is 2.35. The Bertz CT molecular complexity index is 1260. The third-order valence-electron chi connectivity index (χ3n) is 6.28. The summed E-state index contributed by atoms with van der Waals surface area (Å²) in [6.45, 7) is 6.16. The Morgan fingerprint density at radius 3 is 2.54 bits per heavy atom. The lowest BCUT2D eigenvalue weighted by Crippen LogP contribution is -2.43. The van der Waals surface area contributed by atoms with E-state index in [0.717, 1.165) is 55.7 Å². The largest absolute Gasteiger partial charge is 0.484 e. The Kier molecular flexibility index (Phi) is 7.96. The number of carbonyl (C=O) groups is 1. The number of nitrogen functional groups attached to an aromatic ring is 1. The SMILES string of the molecule is C[C@@H](Oc1cc(Nc2cc(CN3CCN(C)CC3)ccc2N)sc1C(=O)O)c1ccccc1C(F)(F)F. The van der Waals surface area contributed by atoms with Gasteiger partial charge in [-0.05, 0) is 37.7 Å². The summed E-state index contributed by atoms with van der Waals surface area (Å²) in [5, 5.41) is 13.3. The predicted octanol–water partition coefficient (Wildman–Crippen LogP) is 5.68. The number of anilines is 3. The standard InChI is InChI=1S/C26H29F3N4O3S/c1-16(18-5-3-4-6-19(18)26(27,28)29)36-22-14-23(37-24(22)25(34)35)31-21-13-17(7-8-20(21)30)15-33-11-9-32(2)10-12-33/h3-8,13-14,16,31H,9-12,15,30H2,1-2H3,(H,34,35)/t16-/m1/s1. The molecule has 0 spiro atoms. The molecule has 1 atom stereocenters. The van der Waals surface area contributed by atoms with Crippen LogP contribution >= 0.6 is 11.3 Å². The van der Waals surface area contributed by atoms with Gasteiger partial charge in [0.1, 0.15) is 11.9 Å². The number of piperazine rings is 1. The molecule has 7 nitrogen and oxygen atoms in total. The summed E-state index contributed by atoms with van der Waals surface area (Å²) in [6.07, 6.45) is -5.59. The molecule has 4 rings (SSSR count). The number of thiophene rings is 1. The molecule has 0 amide bonds. The molecule has 1 aliphatic rings. The number of likely N-dealkylation sites (N-methyl/N-ethyl adjacent to an activating group) is 1. The van der Waals surface area contributed by atoms with Crippen LogP contribution in [0.2, 0.25) is 0 Å². The molecule has 1 saturated heterocycles. The van der Waals surface area contributed by atoms with Gasteiger partial charge in [-0.2, -0.15) is 13.2 Å². The average molecular weight is 535 g/mol. The molecule has 0 saturated carbocycles. The number of alkyl halides is 3. The van der Waals surface area contributed by atoms with Gasteiger partial charge in [0.15, 0.2) is 4.88 Å². The number of hydrogen-bond donors (Lipinski definition) is 3. The van der Waals surface area contributed by atoms with Crippen molar-refractivity contribution >= 4 is 33.7 Å². The zero-order valence-corrected chi connectivity index (χ0v) is 21.3. The van der Waals surface area contributed by atoms with E-state index < -0.39 is 23.8 Å². The molecule has 0 unspecified atom stereocenters. The smallest absolute Gasteiger partial charge is 0.416 e. The molecule has 1 aromatic heterocycles. The minimum Gasteiger partial charge on any atom is -0.484 e. The molecule has 37 heavy (non-hydrogen) atoms. The number of nitrogens with two attached hydrogens (primary N) is 1. The van der Waals surface area contributed by atoms with Crippen LogP contribution in [0.15, 0.2) is 48.5 Å². The third-order valence-corrected chi connectivity index (χ3v) is 7.30. The van der Waals surface area contributed by atoms with E-state index in [2.05, 4.69) is 22.2 Å². The summed E-state index contributed by atoms with van der Waals surface area (Å²) in [6, 6.07) is 12.3. The molecule has 2 heterocycles. The van der Waals surface area contributed by atoms with Crippen LogP contribution in [0.1, 0.15) is 39.4 Å². The molecule has 1 fully saturated rings. The highest BCUT2D eigenvalue weighted by Crippen LogP contribution is 2.40. The first-order valence-electron chi connectivity index (χ1n) is 11.8. The van der Waals surface area contributed by atoms with Gasteiger partial charge in [0.2, 0.25) is 0 Å². The van der Waals surface area contributed by atoms with E-state index in [4.69, 9.17) is 10.5 Å². The lowest BCUT2D eigenvalue weighted by Gasteiger charge is -2.32. The van der Waals surface area contributed by atoms with Crippen molar-refractivity contribution in [2.45, 2.75) is 25.7 Å². The predicted molar refractivity (Wildman–Crippen MR) is 139 cm³/mol. The summed E-state index contributed by atoms with van der Waals surface area (Å²) in [5.74, 6) is -1.25. The number of benzene rings is 2. The molecule has 1 aliphatic heterocycles. The minimum atomic E-state index is -4.56.